The second kappa shape index (κ2) is 13.4. The molecule has 12 aromatic rings. The summed E-state index contributed by atoms with van der Waals surface area (Å²) in [5, 5.41) is 12.0. The number of hydrogen-bond acceptors (Lipinski definition) is 3. The number of fused-ring (bicyclic) bond motifs is 8. The SMILES string of the molecule is c1ccc(-c2nc(-c3ccc4cc(-c5c6ccccc6c(-c6ccccc6)c6ccc7ccccc7c56)ccc4c3)cc(-c3ccc4c(c3)oc3ccccc34)n2)cc1. The molecule has 0 bridgehead atoms. The largest absolute Gasteiger partial charge is 0.456 e. The molecule has 274 valence electrons. The Bertz CT molecular complexity index is 3610. The first-order valence-corrected chi connectivity index (χ1v) is 20.1. The maximum atomic E-state index is 6.29. The highest BCUT2D eigenvalue weighted by Gasteiger charge is 2.19. The molecule has 2 aromatic heterocycles. The lowest BCUT2D eigenvalue weighted by molar-refractivity contribution is 0.669. The van der Waals surface area contributed by atoms with Gasteiger partial charge in [0.15, 0.2) is 5.82 Å². The van der Waals surface area contributed by atoms with Gasteiger partial charge in [0.05, 0.1) is 11.4 Å². The van der Waals surface area contributed by atoms with Crippen LogP contribution in [0.1, 0.15) is 0 Å². The van der Waals surface area contributed by atoms with Crippen LogP contribution in [0.25, 0.3) is 121 Å². The van der Waals surface area contributed by atoms with Crippen LogP contribution in [0.15, 0.2) is 211 Å². The van der Waals surface area contributed by atoms with E-state index in [-0.39, 0.29) is 0 Å². The smallest absolute Gasteiger partial charge is 0.160 e. The highest BCUT2D eigenvalue weighted by molar-refractivity contribution is 6.28. The van der Waals surface area contributed by atoms with Crippen LogP contribution in [0.2, 0.25) is 0 Å². The van der Waals surface area contributed by atoms with Crippen LogP contribution in [0.5, 0.6) is 0 Å². The minimum absolute atomic E-state index is 0.684. The predicted molar refractivity (Wildman–Crippen MR) is 247 cm³/mol. The van der Waals surface area contributed by atoms with Crippen LogP contribution < -0.4 is 0 Å². The van der Waals surface area contributed by atoms with Crippen molar-refractivity contribution in [3.8, 4) is 56.2 Å². The van der Waals surface area contributed by atoms with Crippen LogP contribution in [0.3, 0.4) is 0 Å². The van der Waals surface area contributed by atoms with E-state index in [0.717, 1.165) is 55.4 Å². The maximum Gasteiger partial charge on any atom is 0.160 e. The van der Waals surface area contributed by atoms with E-state index >= 15 is 0 Å². The van der Waals surface area contributed by atoms with Crippen molar-refractivity contribution in [2.75, 3.05) is 0 Å². The van der Waals surface area contributed by atoms with Gasteiger partial charge in [0.2, 0.25) is 0 Å². The molecule has 0 aliphatic heterocycles. The summed E-state index contributed by atoms with van der Waals surface area (Å²) in [6, 6.07) is 73.5. The fourth-order valence-corrected chi connectivity index (χ4v) is 9.07. The van der Waals surface area contributed by atoms with Crippen molar-refractivity contribution in [2.24, 2.45) is 0 Å². The van der Waals surface area contributed by atoms with E-state index in [1.54, 1.807) is 0 Å². The number of aromatic nitrogens is 2. The molecular weight excluding hydrogens is 717 g/mol. The van der Waals surface area contributed by atoms with Crippen LogP contribution in [0.4, 0.5) is 0 Å². The fourth-order valence-electron chi connectivity index (χ4n) is 9.07. The van der Waals surface area contributed by atoms with E-state index in [2.05, 4.69) is 170 Å². The predicted octanol–water partition coefficient (Wildman–Crippen LogP) is 15.3. The molecule has 0 amide bonds. The normalized spacial score (nSPS) is 11.7. The highest BCUT2D eigenvalue weighted by Crippen LogP contribution is 2.46. The molecule has 0 saturated carbocycles. The molecule has 0 saturated heterocycles. The monoisotopic (exact) mass is 750 g/mol. The minimum atomic E-state index is 0.684. The number of benzene rings is 10. The zero-order valence-corrected chi connectivity index (χ0v) is 31.9. The van der Waals surface area contributed by atoms with Gasteiger partial charge in [0.25, 0.3) is 0 Å². The molecule has 2 heterocycles. The van der Waals surface area contributed by atoms with Gasteiger partial charge < -0.3 is 4.42 Å². The Morgan fingerprint density at radius 1 is 0.288 bits per heavy atom. The summed E-state index contributed by atoms with van der Waals surface area (Å²) < 4.78 is 6.29. The van der Waals surface area contributed by atoms with Crippen LogP contribution >= 0.6 is 0 Å². The van der Waals surface area contributed by atoms with Gasteiger partial charge in [-0.3, -0.25) is 0 Å². The van der Waals surface area contributed by atoms with Gasteiger partial charge in [-0.2, -0.15) is 0 Å². The Labute approximate surface area is 340 Å². The van der Waals surface area contributed by atoms with E-state index in [0.29, 0.717) is 5.82 Å². The van der Waals surface area contributed by atoms with Crippen molar-refractivity contribution in [1.29, 1.82) is 0 Å². The molecule has 12 rings (SSSR count). The molecule has 3 nitrogen and oxygen atoms in total. The Morgan fingerprint density at radius 3 is 1.58 bits per heavy atom. The zero-order chi connectivity index (χ0) is 38.9. The lowest BCUT2D eigenvalue weighted by atomic mass is 9.83. The number of para-hydroxylation sites is 1. The Balaban J connectivity index is 1.03. The summed E-state index contributed by atoms with van der Waals surface area (Å²) in [4.78, 5) is 10.3. The summed E-state index contributed by atoms with van der Waals surface area (Å²) >= 11 is 0. The number of rotatable bonds is 5. The third-order valence-corrected chi connectivity index (χ3v) is 11.8. The van der Waals surface area contributed by atoms with Gasteiger partial charge in [0.1, 0.15) is 11.2 Å². The first kappa shape index (κ1) is 33.3. The van der Waals surface area contributed by atoms with Crippen molar-refractivity contribution in [3.63, 3.8) is 0 Å². The second-order valence-electron chi connectivity index (χ2n) is 15.3. The van der Waals surface area contributed by atoms with E-state index in [1.807, 2.05) is 36.4 Å². The molecule has 0 aliphatic rings. The van der Waals surface area contributed by atoms with Gasteiger partial charge in [-0.15, -0.1) is 0 Å². The molecule has 0 N–H and O–H groups in total. The molecule has 0 fully saturated rings. The molecule has 0 radical (unpaired) electrons. The van der Waals surface area contributed by atoms with Gasteiger partial charge in [0, 0.05) is 27.5 Å². The molecule has 0 aliphatic carbocycles. The van der Waals surface area contributed by atoms with Crippen LogP contribution in [-0.2, 0) is 0 Å². The van der Waals surface area contributed by atoms with Crippen LogP contribution in [-0.4, -0.2) is 9.97 Å². The molecule has 10 aromatic carbocycles. The van der Waals surface area contributed by atoms with Crippen molar-refractivity contribution in [2.45, 2.75) is 0 Å². The van der Waals surface area contributed by atoms with Gasteiger partial charge in [-0.1, -0.05) is 170 Å². The standard InChI is InChI=1S/C56H34N2O/c1-3-14-36(15-4-1)53-46-20-9-10-21-47(46)54(55-43-18-8-7-13-35(43)27-30-48(53)55)42-26-24-38-31-40(25-23-39(38)32-42)49-34-50(58-56(57-49)37-16-5-2-6-17-37)41-28-29-45-44-19-11-12-22-51(44)59-52(45)33-41/h1-34H. The van der Waals surface area contributed by atoms with Crippen molar-refractivity contribution < 1.29 is 4.42 Å². The summed E-state index contributed by atoms with van der Waals surface area (Å²) in [5.74, 6) is 0.684. The Morgan fingerprint density at radius 2 is 0.814 bits per heavy atom. The first-order valence-electron chi connectivity index (χ1n) is 20.1. The van der Waals surface area contributed by atoms with E-state index in [9.17, 15) is 0 Å². The van der Waals surface area contributed by atoms with E-state index in [1.165, 1.54) is 60.0 Å². The molecule has 0 atom stereocenters. The number of furan rings is 1. The summed E-state index contributed by atoms with van der Waals surface area (Å²) in [6.45, 7) is 0. The summed E-state index contributed by atoms with van der Waals surface area (Å²) in [6.07, 6.45) is 0. The molecule has 3 heteroatoms. The molecule has 0 spiro atoms. The minimum Gasteiger partial charge on any atom is -0.456 e. The quantitative estimate of drug-likeness (QED) is 0.130. The van der Waals surface area contributed by atoms with Crippen LogP contribution in [0, 0.1) is 0 Å². The molecule has 0 unspecified atom stereocenters. The van der Waals surface area contributed by atoms with Crippen molar-refractivity contribution in [1.82, 2.24) is 9.97 Å². The summed E-state index contributed by atoms with van der Waals surface area (Å²) in [5.41, 5.74) is 11.4. The first-order chi connectivity index (χ1) is 29.2. The third-order valence-electron chi connectivity index (χ3n) is 11.8. The topological polar surface area (TPSA) is 38.9 Å². The highest BCUT2D eigenvalue weighted by atomic mass is 16.3. The Hall–Kier alpha value is -7.88. The third kappa shape index (κ3) is 5.51. The van der Waals surface area contributed by atoms with Gasteiger partial charge in [-0.05, 0) is 102 Å². The second-order valence-corrected chi connectivity index (χ2v) is 15.3. The molecule has 59 heavy (non-hydrogen) atoms. The zero-order valence-electron chi connectivity index (χ0n) is 31.9. The maximum absolute atomic E-state index is 6.29. The van der Waals surface area contributed by atoms with E-state index < -0.39 is 0 Å². The number of nitrogens with zero attached hydrogens (tertiary/aromatic N) is 2. The van der Waals surface area contributed by atoms with E-state index in [4.69, 9.17) is 14.4 Å². The van der Waals surface area contributed by atoms with Gasteiger partial charge >= 0.3 is 0 Å². The van der Waals surface area contributed by atoms with Gasteiger partial charge in [-0.25, -0.2) is 9.97 Å². The Kier molecular flexibility index (Phi) is 7.54. The van der Waals surface area contributed by atoms with Crippen molar-refractivity contribution in [3.05, 3.63) is 206 Å². The lowest BCUT2D eigenvalue weighted by Crippen LogP contribution is -1.96. The summed E-state index contributed by atoms with van der Waals surface area (Å²) in [7, 11) is 0. The lowest BCUT2D eigenvalue weighted by Gasteiger charge is -2.19. The average Bonchev–Trinajstić information content (AvgIpc) is 3.69. The average molecular weight is 751 g/mol. The van der Waals surface area contributed by atoms with Crippen molar-refractivity contribution >= 4 is 65.0 Å². The number of hydrogen-bond donors (Lipinski definition) is 0. The molecular formula is C56H34N2O. The fraction of sp³-hybridized carbons (Fsp3) is 0.